The molecule has 1 aromatic heterocycles. The van der Waals surface area contributed by atoms with E-state index in [1.165, 1.54) is 19.2 Å². The molecule has 0 saturated carbocycles. The van der Waals surface area contributed by atoms with E-state index >= 15 is 0 Å². The molecule has 8 heteroatoms. The van der Waals surface area contributed by atoms with Gasteiger partial charge in [0.1, 0.15) is 12.1 Å². The summed E-state index contributed by atoms with van der Waals surface area (Å²) in [5.41, 5.74) is 0.828. The van der Waals surface area contributed by atoms with Gasteiger partial charge in [0.25, 0.3) is 5.91 Å². The lowest BCUT2D eigenvalue weighted by molar-refractivity contribution is -0.127. The van der Waals surface area contributed by atoms with Crippen LogP contribution in [0.4, 0.5) is 0 Å². The van der Waals surface area contributed by atoms with Crippen LogP contribution in [0.25, 0.3) is 5.69 Å². The van der Waals surface area contributed by atoms with Crippen molar-refractivity contribution < 1.29 is 9.53 Å². The van der Waals surface area contributed by atoms with Crippen molar-refractivity contribution in [3.8, 4) is 11.4 Å². The third-order valence-corrected chi connectivity index (χ3v) is 5.15. The Bertz CT molecular complexity index is 710. The van der Waals surface area contributed by atoms with E-state index in [2.05, 4.69) is 39.6 Å². The lowest BCUT2D eigenvalue weighted by Crippen LogP contribution is -2.47. The smallest absolute Gasteiger partial charge is 0.260 e. The van der Waals surface area contributed by atoms with Crippen LogP contribution in [0.3, 0.4) is 0 Å². The maximum Gasteiger partial charge on any atom is 0.260 e. The predicted octanol–water partition coefficient (Wildman–Crippen LogP) is 1.67. The van der Waals surface area contributed by atoms with Gasteiger partial charge in [-0.3, -0.25) is 9.69 Å². The number of piperidine rings is 1. The average Bonchev–Trinajstić information content (AvgIpc) is 3.21. The van der Waals surface area contributed by atoms with Gasteiger partial charge in [0.15, 0.2) is 6.10 Å². The Morgan fingerprint density at radius 3 is 2.59 bits per heavy atom. The Morgan fingerprint density at radius 1 is 1.26 bits per heavy atom. The Balaban J connectivity index is 1.44. The highest BCUT2D eigenvalue weighted by atomic mass is 16.5. The summed E-state index contributed by atoms with van der Waals surface area (Å²) in [6.07, 6.45) is 3.44. The number of carbonyl (C=O) groups is 1. The van der Waals surface area contributed by atoms with Crippen molar-refractivity contribution in [2.24, 2.45) is 5.92 Å². The van der Waals surface area contributed by atoms with Crippen molar-refractivity contribution in [3.05, 3.63) is 30.6 Å². The van der Waals surface area contributed by atoms with Gasteiger partial charge in [-0.1, -0.05) is 6.92 Å². The molecule has 0 bridgehead atoms. The number of rotatable bonds is 7. The normalized spacial score (nSPS) is 18.0. The molecule has 2 atom stereocenters. The molecule has 1 aromatic carbocycles. The summed E-state index contributed by atoms with van der Waals surface area (Å²) >= 11 is 0. The van der Waals surface area contributed by atoms with Gasteiger partial charge >= 0.3 is 0 Å². The molecular formula is C19H28N6O2. The third kappa shape index (κ3) is 5.26. The lowest BCUT2D eigenvalue weighted by atomic mass is 9.98. The third-order valence-electron chi connectivity index (χ3n) is 5.15. The van der Waals surface area contributed by atoms with E-state index in [1.54, 1.807) is 23.7 Å². The maximum absolute atomic E-state index is 12.4. The number of nitrogens with zero attached hydrogens (tertiary/aromatic N) is 5. The van der Waals surface area contributed by atoms with E-state index in [0.29, 0.717) is 18.3 Å². The number of hydrogen-bond donors (Lipinski definition) is 1. The van der Waals surface area contributed by atoms with Crippen LogP contribution in [0, 0.1) is 5.92 Å². The number of ether oxygens (including phenoxy) is 1. The zero-order valence-corrected chi connectivity index (χ0v) is 16.2. The Kier molecular flexibility index (Phi) is 6.39. The van der Waals surface area contributed by atoms with Crippen LogP contribution in [0.1, 0.15) is 33.6 Å². The van der Waals surface area contributed by atoms with Crippen molar-refractivity contribution in [3.63, 3.8) is 0 Å². The number of carbonyl (C=O) groups excluding carboxylic acids is 1. The molecule has 1 aliphatic rings. The Labute approximate surface area is 159 Å². The number of amides is 1. The Morgan fingerprint density at radius 2 is 1.96 bits per heavy atom. The second kappa shape index (κ2) is 8.94. The second-order valence-corrected chi connectivity index (χ2v) is 7.32. The molecule has 1 N–H and O–H groups in total. The fourth-order valence-electron chi connectivity index (χ4n) is 3.21. The first-order chi connectivity index (χ1) is 13.0. The van der Waals surface area contributed by atoms with Crippen LogP contribution in [0.2, 0.25) is 0 Å². The van der Waals surface area contributed by atoms with Crippen LogP contribution in [-0.2, 0) is 4.79 Å². The van der Waals surface area contributed by atoms with Gasteiger partial charge in [-0.15, -0.1) is 5.10 Å². The zero-order valence-electron chi connectivity index (χ0n) is 16.2. The number of benzene rings is 1. The van der Waals surface area contributed by atoms with Crippen LogP contribution in [-0.4, -0.2) is 62.8 Å². The van der Waals surface area contributed by atoms with Crippen molar-refractivity contribution >= 4 is 5.91 Å². The number of tetrazole rings is 1. The minimum Gasteiger partial charge on any atom is -0.481 e. The van der Waals surface area contributed by atoms with E-state index in [9.17, 15) is 4.79 Å². The van der Waals surface area contributed by atoms with E-state index in [1.807, 2.05) is 12.1 Å². The monoisotopic (exact) mass is 372 g/mol. The first kappa shape index (κ1) is 19.3. The molecule has 1 aliphatic heterocycles. The summed E-state index contributed by atoms with van der Waals surface area (Å²) in [6.45, 7) is 9.09. The molecule has 0 unspecified atom stereocenters. The summed E-state index contributed by atoms with van der Waals surface area (Å²) in [5, 5.41) is 14.1. The highest BCUT2D eigenvalue weighted by Crippen LogP contribution is 2.18. The minimum atomic E-state index is -0.558. The van der Waals surface area contributed by atoms with E-state index in [0.717, 1.165) is 24.7 Å². The SMILES string of the molecule is CC1CCN([C@@H](C)CNC(=O)[C@@H](C)Oc2ccc(-n3cnnn3)cc2)CC1. The molecule has 146 valence electrons. The van der Waals surface area contributed by atoms with Gasteiger partial charge in [-0.05, 0) is 80.4 Å². The first-order valence-electron chi connectivity index (χ1n) is 9.55. The molecule has 1 fully saturated rings. The predicted molar refractivity (Wildman–Crippen MR) is 102 cm³/mol. The Hall–Kier alpha value is -2.48. The van der Waals surface area contributed by atoms with E-state index < -0.39 is 6.10 Å². The van der Waals surface area contributed by atoms with Crippen LogP contribution in [0.5, 0.6) is 5.75 Å². The summed E-state index contributed by atoms with van der Waals surface area (Å²) < 4.78 is 7.31. The van der Waals surface area contributed by atoms with Gasteiger partial charge in [0, 0.05) is 12.6 Å². The number of likely N-dealkylation sites (tertiary alicyclic amines) is 1. The summed E-state index contributed by atoms with van der Waals surface area (Å²) in [5.74, 6) is 1.34. The molecule has 0 radical (unpaired) electrons. The highest BCUT2D eigenvalue weighted by molar-refractivity contribution is 5.80. The van der Waals surface area contributed by atoms with E-state index in [4.69, 9.17) is 4.74 Å². The van der Waals surface area contributed by atoms with Crippen LogP contribution < -0.4 is 10.1 Å². The van der Waals surface area contributed by atoms with Crippen LogP contribution >= 0.6 is 0 Å². The summed E-state index contributed by atoms with van der Waals surface area (Å²) in [6, 6.07) is 7.63. The minimum absolute atomic E-state index is 0.100. The summed E-state index contributed by atoms with van der Waals surface area (Å²) in [4.78, 5) is 14.8. The standard InChI is InChI=1S/C19H28N6O2/c1-14-8-10-24(11-9-14)15(2)12-20-19(26)16(3)27-18-6-4-17(5-7-18)25-13-21-22-23-25/h4-7,13-16H,8-12H2,1-3H3,(H,20,26)/t15-,16+/m0/s1. The van der Waals surface area contributed by atoms with Crippen LogP contribution in [0.15, 0.2) is 30.6 Å². The van der Waals surface area contributed by atoms with E-state index in [-0.39, 0.29) is 5.91 Å². The van der Waals surface area contributed by atoms with Crippen molar-refractivity contribution in [2.45, 2.75) is 45.8 Å². The molecule has 8 nitrogen and oxygen atoms in total. The highest BCUT2D eigenvalue weighted by Gasteiger charge is 2.22. The van der Waals surface area contributed by atoms with Crippen molar-refractivity contribution in [1.82, 2.24) is 30.4 Å². The maximum atomic E-state index is 12.4. The fraction of sp³-hybridized carbons (Fsp3) is 0.579. The molecule has 1 saturated heterocycles. The average molecular weight is 372 g/mol. The molecule has 27 heavy (non-hydrogen) atoms. The van der Waals surface area contributed by atoms with Gasteiger partial charge in [0.2, 0.25) is 0 Å². The van der Waals surface area contributed by atoms with Crippen molar-refractivity contribution in [2.75, 3.05) is 19.6 Å². The van der Waals surface area contributed by atoms with Gasteiger partial charge in [0.05, 0.1) is 5.69 Å². The fourth-order valence-corrected chi connectivity index (χ4v) is 3.21. The molecule has 2 heterocycles. The quantitative estimate of drug-likeness (QED) is 0.796. The molecule has 0 aliphatic carbocycles. The molecule has 3 rings (SSSR count). The molecule has 1 amide bonds. The van der Waals surface area contributed by atoms with Gasteiger partial charge in [-0.2, -0.15) is 0 Å². The topological polar surface area (TPSA) is 85.2 Å². The lowest BCUT2D eigenvalue weighted by Gasteiger charge is -2.35. The molecule has 0 spiro atoms. The first-order valence-corrected chi connectivity index (χ1v) is 9.55. The number of hydrogen-bond acceptors (Lipinski definition) is 6. The number of nitrogens with one attached hydrogen (secondary N) is 1. The molecule has 2 aromatic rings. The number of aromatic nitrogens is 4. The summed E-state index contributed by atoms with van der Waals surface area (Å²) in [7, 11) is 0. The largest absolute Gasteiger partial charge is 0.481 e. The van der Waals surface area contributed by atoms with Gasteiger partial charge in [-0.25, -0.2) is 4.68 Å². The molecular weight excluding hydrogens is 344 g/mol. The van der Waals surface area contributed by atoms with Crippen molar-refractivity contribution in [1.29, 1.82) is 0 Å². The van der Waals surface area contributed by atoms with Gasteiger partial charge < -0.3 is 10.1 Å². The zero-order chi connectivity index (χ0) is 19.2. The second-order valence-electron chi connectivity index (χ2n) is 7.32.